The third-order valence-corrected chi connectivity index (χ3v) is 20.2. The molecule has 1 fully saturated rings. The number of nitrogens with one attached hydrogen (secondary N) is 6. The molecule has 2 aliphatic carbocycles. The van der Waals surface area contributed by atoms with Crippen LogP contribution in [0.3, 0.4) is 0 Å². The van der Waals surface area contributed by atoms with E-state index < -0.39 is 5.76 Å². The summed E-state index contributed by atoms with van der Waals surface area (Å²) in [5.74, 6) is 1.92. The summed E-state index contributed by atoms with van der Waals surface area (Å²) in [6, 6.07) is 60.9. The van der Waals surface area contributed by atoms with Gasteiger partial charge in [-0.3, -0.25) is 38.9 Å². The molecule has 11 aromatic rings. The Bertz CT molecular complexity index is 5330. The third kappa shape index (κ3) is 22.1. The summed E-state index contributed by atoms with van der Waals surface area (Å²) in [5.41, 5.74) is 32.1. The Labute approximate surface area is 681 Å². The number of oxazole rings is 1. The molecule has 10 aromatic carbocycles. The van der Waals surface area contributed by atoms with E-state index in [1.165, 1.54) is 83.5 Å². The summed E-state index contributed by atoms with van der Waals surface area (Å²) in [7, 11) is 0. The highest BCUT2D eigenvalue weighted by Gasteiger charge is 2.56. The lowest BCUT2D eigenvalue weighted by molar-refractivity contribution is -0.120. The summed E-state index contributed by atoms with van der Waals surface area (Å²) < 4.78 is 15.4. The van der Waals surface area contributed by atoms with Crippen LogP contribution in [0.15, 0.2) is 224 Å². The number of ether oxygens (including phenoxy) is 2. The molecule has 9 heterocycles. The summed E-state index contributed by atoms with van der Waals surface area (Å²) in [4.78, 5) is 77.6. The Morgan fingerprint density at radius 3 is 1.59 bits per heavy atom. The number of carbonyl (C=O) groups is 5. The average molecular weight is 1560 g/mol. The van der Waals surface area contributed by atoms with Gasteiger partial charge in [-0.05, 0) is 235 Å². The number of ketones is 1. The minimum Gasteiger partial charge on any atom is -0.485 e. The monoisotopic (exact) mass is 1560 g/mol. The molecule has 116 heavy (non-hydrogen) atoms. The Morgan fingerprint density at radius 2 is 0.914 bits per heavy atom. The average Bonchev–Trinajstić information content (AvgIpc) is 1.56. The lowest BCUT2D eigenvalue weighted by Crippen LogP contribution is -2.26. The molecule has 0 atom stereocenters. The summed E-state index contributed by atoms with van der Waals surface area (Å²) in [5, 5.41) is 22.4. The number of aliphatic imine (C=N–C) groups is 2. The van der Waals surface area contributed by atoms with E-state index in [1.54, 1.807) is 6.07 Å². The first kappa shape index (κ1) is 87.1. The van der Waals surface area contributed by atoms with Gasteiger partial charge in [0.15, 0.2) is 12.2 Å². The maximum Gasteiger partial charge on any atom is 0.417 e. The van der Waals surface area contributed by atoms with Crippen molar-refractivity contribution in [2.24, 2.45) is 20.2 Å². The van der Waals surface area contributed by atoms with Crippen LogP contribution >= 0.6 is 0 Å². The fourth-order valence-corrected chi connectivity index (χ4v) is 13.9. The maximum absolute atomic E-state index is 11.6. The number of amides is 4. The van der Waals surface area contributed by atoms with Crippen molar-refractivity contribution in [3.05, 3.63) is 311 Å². The Kier molecular flexibility index (Phi) is 28.7. The van der Waals surface area contributed by atoms with E-state index in [4.69, 9.17) is 13.9 Å². The summed E-state index contributed by atoms with van der Waals surface area (Å²) in [6.45, 7) is 30.5. The van der Waals surface area contributed by atoms with Crippen molar-refractivity contribution in [1.29, 1.82) is 0 Å². The van der Waals surface area contributed by atoms with E-state index in [1.807, 2.05) is 146 Å². The van der Waals surface area contributed by atoms with Gasteiger partial charge >= 0.3 is 5.76 Å². The number of Topliss-reactive ketones (excluding diaryl/α,β-unsaturated/α-hetero) is 1. The summed E-state index contributed by atoms with van der Waals surface area (Å²) >= 11 is 0. The number of azo groups is 1. The Morgan fingerprint density at radius 1 is 0.414 bits per heavy atom. The van der Waals surface area contributed by atoms with Gasteiger partial charge < -0.3 is 40.5 Å². The first-order valence-electron chi connectivity index (χ1n) is 37.9. The molecular weight excluding hydrogens is 1450 g/mol. The van der Waals surface area contributed by atoms with E-state index >= 15 is 0 Å². The van der Waals surface area contributed by atoms with Crippen LogP contribution in [-0.2, 0) is 73.6 Å². The van der Waals surface area contributed by atoms with Crippen molar-refractivity contribution in [3.8, 4) is 11.5 Å². The summed E-state index contributed by atoms with van der Waals surface area (Å²) in [6.07, 6.45) is 8.79. The van der Waals surface area contributed by atoms with Gasteiger partial charge in [0.1, 0.15) is 23.9 Å². The highest BCUT2D eigenvalue weighted by molar-refractivity contribution is 6.08. The van der Waals surface area contributed by atoms with Crippen molar-refractivity contribution >= 4 is 92.8 Å². The lowest BCUT2D eigenvalue weighted by Gasteiger charge is -2.20. The molecule has 0 bridgehead atoms. The molecule has 21 rings (SSSR count). The van der Waals surface area contributed by atoms with Gasteiger partial charge in [-0.2, -0.15) is 10.2 Å². The van der Waals surface area contributed by atoms with Crippen LogP contribution in [-0.4, -0.2) is 60.0 Å². The topological polar surface area (TPSA) is 259 Å². The molecule has 10 aliphatic rings. The number of aromatic nitrogens is 1. The molecule has 1 saturated carbocycles. The molecule has 0 radical (unpaired) electrons. The molecule has 600 valence electrons. The van der Waals surface area contributed by atoms with Crippen molar-refractivity contribution in [2.45, 2.75) is 168 Å². The quantitative estimate of drug-likeness (QED) is 0.0836. The van der Waals surface area contributed by atoms with Crippen LogP contribution in [0.1, 0.15) is 155 Å². The molecular formula is C97H108N10O9. The zero-order valence-corrected chi connectivity index (χ0v) is 66.2. The van der Waals surface area contributed by atoms with Crippen molar-refractivity contribution < 1.29 is 37.9 Å². The van der Waals surface area contributed by atoms with Gasteiger partial charge in [0.05, 0.1) is 58.6 Å². The third-order valence-electron chi connectivity index (χ3n) is 20.2. The number of carbonyl (C=O) groups excluding carboxylic acids is 5. The molecule has 6 N–H and O–H groups in total. The predicted octanol–water partition coefficient (Wildman–Crippen LogP) is 21.1. The SMILES string of the molecule is C.C.C.C=C1COc2ccc(C)cc2N1.Cc1ccc2c(c1)CC(=O)C2.Cc1ccc2c(c1)CC(=O)N2.Cc1ccc2c(c1)CC=N2.Cc1ccc2c(c1)CN=C2.Cc1ccc2c(c1)CN=N2.Cc1ccc2c(c1)NC(=O)C2(C)C.Cc1ccc2c(c1)NC(=O)C21CC1.Cc1ccc2c(c1)NC(=O)CO2.Cc1ccc2oc(=O)[nH]c2c1. The molecule has 19 nitrogen and oxygen atoms in total. The number of H-pyrrole nitrogens is 1. The molecule has 1 spiro atoms. The van der Waals surface area contributed by atoms with E-state index in [0.29, 0.717) is 37.2 Å². The van der Waals surface area contributed by atoms with Crippen LogP contribution in [0.5, 0.6) is 11.5 Å². The Hall–Kier alpha value is -12.9. The predicted molar refractivity (Wildman–Crippen MR) is 472 cm³/mol. The smallest absolute Gasteiger partial charge is 0.417 e. The van der Waals surface area contributed by atoms with Crippen LogP contribution in [0.25, 0.3) is 11.1 Å². The zero-order chi connectivity index (χ0) is 80.3. The van der Waals surface area contributed by atoms with E-state index in [-0.39, 0.29) is 63.3 Å². The number of benzene rings is 10. The number of aryl methyl sites for hydroxylation is 10. The van der Waals surface area contributed by atoms with Crippen LogP contribution in [0.4, 0.5) is 39.8 Å². The number of fused-ring (bicyclic) bond motifs is 11. The largest absolute Gasteiger partial charge is 0.485 e. The minimum atomic E-state index is -0.398. The second kappa shape index (κ2) is 38.3. The number of aromatic amines is 1. The molecule has 4 amide bonds. The van der Waals surface area contributed by atoms with E-state index in [9.17, 15) is 28.8 Å². The number of hydrogen-bond acceptors (Lipinski definition) is 14. The van der Waals surface area contributed by atoms with Gasteiger partial charge in [0.25, 0.3) is 5.91 Å². The van der Waals surface area contributed by atoms with Gasteiger partial charge in [-0.15, -0.1) is 0 Å². The fraction of sp³-hybridized carbons (Fsp3) is 0.278. The zero-order valence-electron chi connectivity index (χ0n) is 66.2. The van der Waals surface area contributed by atoms with Crippen LogP contribution < -0.4 is 41.8 Å². The van der Waals surface area contributed by atoms with Crippen LogP contribution in [0.2, 0.25) is 0 Å². The lowest BCUT2D eigenvalue weighted by atomic mass is 9.86. The second-order valence-electron chi connectivity index (χ2n) is 30.5. The normalized spacial score (nSPS) is 14.8. The van der Waals surface area contributed by atoms with Gasteiger partial charge in [0.2, 0.25) is 17.7 Å². The minimum absolute atomic E-state index is 0. The molecule has 0 unspecified atom stereocenters. The van der Waals surface area contributed by atoms with Gasteiger partial charge in [-0.1, -0.05) is 172 Å². The van der Waals surface area contributed by atoms with Crippen molar-refractivity contribution in [1.82, 2.24) is 4.98 Å². The van der Waals surface area contributed by atoms with Crippen molar-refractivity contribution in [2.75, 3.05) is 39.8 Å². The fourth-order valence-electron chi connectivity index (χ4n) is 13.9. The van der Waals surface area contributed by atoms with E-state index in [0.717, 1.165) is 117 Å². The second-order valence-corrected chi connectivity index (χ2v) is 30.5. The highest BCUT2D eigenvalue weighted by Crippen LogP contribution is 2.55. The van der Waals surface area contributed by atoms with Gasteiger partial charge in [-0.25, -0.2) is 4.79 Å². The van der Waals surface area contributed by atoms with Gasteiger partial charge in [0, 0.05) is 60.0 Å². The van der Waals surface area contributed by atoms with Crippen molar-refractivity contribution in [3.63, 3.8) is 0 Å². The Balaban J connectivity index is 0.000000147. The highest BCUT2D eigenvalue weighted by atomic mass is 16.5. The molecule has 8 aliphatic heterocycles. The standard InChI is InChI=1S/C11H11NO.C11H13NO.C10H11NO.C10H10O.C9H9NO2.C9H9NO.2C9H9N.C8H8N2.C8H7NO2.3CH4/c1-7-2-3-8-9(6-7)12-10(13)11(8)4-5-11;1-7-4-5-8-9(6-7)12-10(13)11(8,2)3;1-7-3-4-10-9(5-7)11-8(2)6-12-10;1-7-2-3-8-5-10(11)6-9(8)4-7;1-6-2-3-8-7(4-6)10-9(11)5-12-8;1-6-2-3-8-7(4-6)5-9(11)10-8;1-7-2-3-8-5-10-6-9(8)4-7;1-7-2-3-9-8(6-7)4-5-10-9;1-6-2-3-8-7(4-6)5-9-10-8;1-5-2-3-7-6(4-5)9-8(10)11-7;;;/h2-3,6H,4-5H2,1H3,(H,12,13);4-6H,1-3H3,(H,12,13);3-5,11H,2,6H2,1H3;2-4H,5-6H2,1H3;2-4H,5H2,1H3,(H,10,11);2-4H,5H2,1H3,(H,10,11);2-5H,6H2,1H3;2-3,5-6H,4H2,1H3;2-4H,5H2,1H3;2-4H,1H3,(H,9,10);3*1H4. The first-order chi connectivity index (χ1) is 54.1. The van der Waals surface area contributed by atoms with Crippen LogP contribution in [0, 0.1) is 69.2 Å². The van der Waals surface area contributed by atoms with E-state index in [2.05, 4.69) is 184 Å². The molecule has 1 aromatic heterocycles. The number of nitrogens with zero attached hydrogens (tertiary/aromatic N) is 4. The maximum atomic E-state index is 11.6. The number of anilines is 5. The number of rotatable bonds is 0. The first-order valence-corrected chi connectivity index (χ1v) is 37.9. The molecule has 19 heteroatoms. The number of hydrogen-bond donors (Lipinski definition) is 6. The molecule has 0 saturated heterocycles.